The topological polar surface area (TPSA) is 85.1 Å². The lowest BCUT2D eigenvalue weighted by molar-refractivity contribution is -0.385. The summed E-state index contributed by atoms with van der Waals surface area (Å²) in [4.78, 5) is 27.0. The molecule has 3 rings (SSSR count). The average molecular weight is 382 g/mol. The van der Waals surface area contributed by atoms with Crippen LogP contribution in [0.2, 0.25) is 10.0 Å². The summed E-state index contributed by atoms with van der Waals surface area (Å²) in [7, 11) is 0. The number of carbonyl (C=O) groups is 1. The van der Waals surface area contributed by atoms with E-state index in [0.29, 0.717) is 26.3 Å². The molecule has 0 radical (unpaired) electrons. The number of carbonyl (C=O) groups excluding carboxylic acids is 1. The highest BCUT2D eigenvalue weighted by atomic mass is 35.5. The molecule has 1 heterocycles. The Bertz CT molecular complexity index is 987. The lowest BCUT2D eigenvalue weighted by Gasteiger charge is -2.03. The van der Waals surface area contributed by atoms with E-state index in [0.717, 1.165) is 4.70 Å². The summed E-state index contributed by atoms with van der Waals surface area (Å²) in [6.45, 7) is 1.61. The Hall–Kier alpha value is -2.22. The number of thiazole rings is 1. The number of halogens is 2. The summed E-state index contributed by atoms with van der Waals surface area (Å²) >= 11 is 13.3. The van der Waals surface area contributed by atoms with Crippen LogP contribution in [-0.2, 0) is 0 Å². The molecule has 2 aromatic carbocycles. The fourth-order valence-electron chi connectivity index (χ4n) is 2.11. The number of fused-ring (bicyclic) bond motifs is 1. The Morgan fingerprint density at radius 3 is 2.75 bits per heavy atom. The number of hydrogen-bond donors (Lipinski definition) is 1. The van der Waals surface area contributed by atoms with E-state index in [-0.39, 0.29) is 11.3 Å². The van der Waals surface area contributed by atoms with E-state index in [1.807, 2.05) is 0 Å². The number of nitro groups is 1. The third-order valence-electron chi connectivity index (χ3n) is 3.34. The van der Waals surface area contributed by atoms with Crippen LogP contribution in [0.25, 0.3) is 10.2 Å². The average Bonchev–Trinajstić information content (AvgIpc) is 2.94. The van der Waals surface area contributed by atoms with Gasteiger partial charge in [0.1, 0.15) is 5.52 Å². The SMILES string of the molecule is Cc1ccc(C(=O)Nc2nc3c(Cl)c(Cl)ccc3s2)cc1[N+](=O)[O-]. The summed E-state index contributed by atoms with van der Waals surface area (Å²) in [5, 5.41) is 14.6. The van der Waals surface area contributed by atoms with Gasteiger partial charge in [-0.3, -0.25) is 20.2 Å². The highest BCUT2D eigenvalue weighted by Gasteiger charge is 2.17. The van der Waals surface area contributed by atoms with Crippen molar-refractivity contribution in [2.24, 2.45) is 0 Å². The fourth-order valence-corrected chi connectivity index (χ4v) is 3.39. The van der Waals surface area contributed by atoms with Gasteiger partial charge in [0.25, 0.3) is 11.6 Å². The van der Waals surface area contributed by atoms with Crippen LogP contribution in [0.15, 0.2) is 30.3 Å². The number of aryl methyl sites for hydroxylation is 1. The molecule has 0 spiro atoms. The van der Waals surface area contributed by atoms with Gasteiger partial charge in [0, 0.05) is 17.2 Å². The second kappa shape index (κ2) is 6.35. The van der Waals surface area contributed by atoms with Crippen molar-refractivity contribution in [1.82, 2.24) is 4.98 Å². The van der Waals surface area contributed by atoms with Gasteiger partial charge in [0.15, 0.2) is 5.13 Å². The number of aromatic nitrogens is 1. The van der Waals surface area contributed by atoms with Crippen LogP contribution in [0.5, 0.6) is 0 Å². The third-order valence-corrected chi connectivity index (χ3v) is 5.07. The molecule has 0 unspecified atom stereocenters. The minimum Gasteiger partial charge on any atom is -0.298 e. The molecule has 1 amide bonds. The molecule has 24 heavy (non-hydrogen) atoms. The van der Waals surface area contributed by atoms with Gasteiger partial charge >= 0.3 is 0 Å². The van der Waals surface area contributed by atoms with Crippen LogP contribution < -0.4 is 5.32 Å². The molecule has 0 saturated heterocycles. The van der Waals surface area contributed by atoms with Crippen molar-refractivity contribution < 1.29 is 9.72 Å². The molecule has 1 aromatic heterocycles. The lowest BCUT2D eigenvalue weighted by atomic mass is 10.1. The number of amides is 1. The summed E-state index contributed by atoms with van der Waals surface area (Å²) < 4.78 is 0.773. The van der Waals surface area contributed by atoms with Crippen molar-refractivity contribution in [1.29, 1.82) is 0 Å². The van der Waals surface area contributed by atoms with Crippen molar-refractivity contribution >= 4 is 61.5 Å². The maximum atomic E-state index is 12.3. The highest BCUT2D eigenvalue weighted by molar-refractivity contribution is 7.22. The van der Waals surface area contributed by atoms with Crippen LogP contribution in [0, 0.1) is 17.0 Å². The maximum absolute atomic E-state index is 12.3. The Kier molecular flexibility index (Phi) is 4.40. The van der Waals surface area contributed by atoms with Crippen LogP contribution in [0.4, 0.5) is 10.8 Å². The highest BCUT2D eigenvalue weighted by Crippen LogP contribution is 2.35. The molecule has 6 nitrogen and oxygen atoms in total. The van der Waals surface area contributed by atoms with Crippen molar-refractivity contribution in [3.05, 3.63) is 61.6 Å². The van der Waals surface area contributed by atoms with E-state index < -0.39 is 10.8 Å². The first-order valence-corrected chi connectivity index (χ1v) is 8.25. The zero-order valence-electron chi connectivity index (χ0n) is 12.2. The second-order valence-electron chi connectivity index (χ2n) is 4.94. The number of rotatable bonds is 3. The minimum absolute atomic E-state index is 0.109. The van der Waals surface area contributed by atoms with Crippen LogP contribution >= 0.6 is 34.5 Å². The minimum atomic E-state index is -0.522. The molecule has 0 saturated carbocycles. The quantitative estimate of drug-likeness (QED) is 0.506. The van der Waals surface area contributed by atoms with Crippen molar-refractivity contribution in [3.63, 3.8) is 0 Å². The first-order chi connectivity index (χ1) is 11.4. The molecule has 0 atom stereocenters. The molecule has 0 bridgehead atoms. The second-order valence-corrected chi connectivity index (χ2v) is 6.76. The zero-order chi connectivity index (χ0) is 17.4. The standard InChI is InChI=1S/C15H9Cl2N3O3S/c1-7-2-3-8(6-10(7)20(22)23)14(21)19-15-18-13-11(24-15)5-4-9(16)12(13)17/h2-6H,1H3,(H,18,19,21). The van der Waals surface area contributed by atoms with Gasteiger partial charge in [-0.25, -0.2) is 4.98 Å². The monoisotopic (exact) mass is 381 g/mol. The summed E-state index contributed by atoms with van der Waals surface area (Å²) in [6.07, 6.45) is 0. The first kappa shape index (κ1) is 16.6. The molecule has 0 aliphatic heterocycles. The molecular weight excluding hydrogens is 373 g/mol. The van der Waals surface area contributed by atoms with Crippen LogP contribution in [-0.4, -0.2) is 15.8 Å². The smallest absolute Gasteiger partial charge is 0.273 e. The zero-order valence-corrected chi connectivity index (χ0v) is 14.5. The van der Waals surface area contributed by atoms with Gasteiger partial charge in [-0.2, -0.15) is 0 Å². The summed E-state index contributed by atoms with van der Waals surface area (Å²) in [5.41, 5.74) is 1.05. The molecule has 0 fully saturated rings. The van der Waals surface area contributed by atoms with Crippen LogP contribution in [0.1, 0.15) is 15.9 Å². The number of nitrogens with zero attached hydrogens (tertiary/aromatic N) is 2. The molecule has 0 aliphatic rings. The maximum Gasteiger partial charge on any atom is 0.273 e. The Morgan fingerprint density at radius 2 is 2.04 bits per heavy atom. The van der Waals surface area contributed by atoms with E-state index in [4.69, 9.17) is 23.2 Å². The largest absolute Gasteiger partial charge is 0.298 e. The lowest BCUT2D eigenvalue weighted by Crippen LogP contribution is -2.12. The Morgan fingerprint density at radius 1 is 1.29 bits per heavy atom. The van der Waals surface area contributed by atoms with E-state index in [1.54, 1.807) is 19.1 Å². The molecular formula is C15H9Cl2N3O3S. The van der Waals surface area contributed by atoms with E-state index in [1.165, 1.54) is 29.5 Å². The summed E-state index contributed by atoms with van der Waals surface area (Å²) in [6, 6.07) is 7.70. The van der Waals surface area contributed by atoms with Crippen molar-refractivity contribution in [2.45, 2.75) is 6.92 Å². The molecule has 9 heteroatoms. The van der Waals surface area contributed by atoms with Crippen LogP contribution in [0.3, 0.4) is 0 Å². The normalized spacial score (nSPS) is 10.8. The summed E-state index contributed by atoms with van der Waals surface area (Å²) in [5.74, 6) is -0.487. The van der Waals surface area contributed by atoms with Gasteiger partial charge in [-0.15, -0.1) is 0 Å². The first-order valence-electron chi connectivity index (χ1n) is 6.68. The van der Waals surface area contributed by atoms with Gasteiger partial charge in [-0.05, 0) is 25.1 Å². The number of nitrogens with one attached hydrogen (secondary N) is 1. The predicted molar refractivity (Wildman–Crippen MR) is 95.4 cm³/mol. The van der Waals surface area contributed by atoms with Gasteiger partial charge in [0.05, 0.1) is 19.7 Å². The van der Waals surface area contributed by atoms with Crippen molar-refractivity contribution in [2.75, 3.05) is 5.32 Å². The molecule has 0 aliphatic carbocycles. The van der Waals surface area contributed by atoms with E-state index in [9.17, 15) is 14.9 Å². The number of hydrogen-bond acceptors (Lipinski definition) is 5. The Labute approximate surface area is 150 Å². The Balaban J connectivity index is 1.91. The van der Waals surface area contributed by atoms with Gasteiger partial charge in [-0.1, -0.05) is 40.6 Å². The number of nitro benzene ring substituents is 1. The predicted octanol–water partition coefficient (Wildman–Crippen LogP) is 5.07. The molecule has 122 valence electrons. The van der Waals surface area contributed by atoms with Crippen molar-refractivity contribution in [3.8, 4) is 0 Å². The van der Waals surface area contributed by atoms with E-state index in [2.05, 4.69) is 10.3 Å². The molecule has 3 aromatic rings. The third kappa shape index (κ3) is 3.06. The van der Waals surface area contributed by atoms with Gasteiger partial charge in [0.2, 0.25) is 0 Å². The number of benzene rings is 2. The van der Waals surface area contributed by atoms with Gasteiger partial charge < -0.3 is 0 Å². The fraction of sp³-hybridized carbons (Fsp3) is 0.0667. The molecule has 1 N–H and O–H groups in total. The van der Waals surface area contributed by atoms with E-state index >= 15 is 0 Å². The number of anilines is 1.